The van der Waals surface area contributed by atoms with Crippen LogP contribution in [0.25, 0.3) is 98.8 Å². The summed E-state index contributed by atoms with van der Waals surface area (Å²) in [4.78, 5) is 9.47. The molecule has 0 aliphatic carbocycles. The van der Waals surface area contributed by atoms with Gasteiger partial charge in [0.15, 0.2) is 0 Å². The maximum Gasteiger partial charge on any atom is 0.0776 e. The average molecular weight is 952 g/mol. The molecule has 0 spiro atoms. The number of aromatic nitrogens is 4. The highest BCUT2D eigenvalue weighted by atomic mass is 28.3. The van der Waals surface area contributed by atoms with Crippen LogP contribution in [0.2, 0.25) is 78.6 Å². The van der Waals surface area contributed by atoms with Crippen LogP contribution in [0.3, 0.4) is 0 Å². The number of rotatable bonds is 8. The molecule has 0 fully saturated rings. The first kappa shape index (κ1) is 44.3. The van der Waals surface area contributed by atoms with Crippen molar-refractivity contribution < 1.29 is 0 Å². The molecule has 4 nitrogen and oxygen atoms in total. The molecule has 0 saturated heterocycles. The Morgan fingerprint density at radius 3 is 0.882 bits per heavy atom. The van der Waals surface area contributed by atoms with Crippen LogP contribution in [-0.2, 0) is 0 Å². The lowest BCUT2D eigenvalue weighted by atomic mass is 9.86. The van der Waals surface area contributed by atoms with Crippen molar-refractivity contribution in [3.8, 4) is 33.6 Å². The summed E-state index contributed by atoms with van der Waals surface area (Å²) >= 11 is 0. The van der Waals surface area contributed by atoms with Gasteiger partial charge < -0.3 is 9.13 Å². The van der Waals surface area contributed by atoms with E-state index in [0.717, 1.165) is 22.5 Å². The van der Waals surface area contributed by atoms with Gasteiger partial charge >= 0.3 is 0 Å². The zero-order chi connectivity index (χ0) is 47.7. The van der Waals surface area contributed by atoms with Crippen molar-refractivity contribution in [3.63, 3.8) is 0 Å². The number of fused-ring (bicyclic) bond motifs is 8. The van der Waals surface area contributed by atoms with Crippen molar-refractivity contribution in [1.29, 1.82) is 0 Å². The molecule has 0 aliphatic heterocycles. The molecule has 0 saturated carbocycles. The van der Waals surface area contributed by atoms with Gasteiger partial charge in [-0.05, 0) is 93.3 Å². The highest BCUT2D eigenvalue weighted by Crippen LogP contribution is 2.46. The molecule has 0 atom stereocenters. The summed E-state index contributed by atoms with van der Waals surface area (Å²) < 4.78 is 5.03. The molecule has 11 rings (SSSR count). The average Bonchev–Trinajstić information content (AvgIpc) is 3.81. The van der Waals surface area contributed by atoms with Crippen molar-refractivity contribution >= 4 is 118 Å². The first-order valence-electron chi connectivity index (χ1n) is 24.3. The van der Waals surface area contributed by atoms with Crippen LogP contribution in [0, 0.1) is 0 Å². The molecule has 338 valence electrons. The SMILES string of the molecule is C[Si](C)(C)c1ccc2c(c1)c1cc([Si](C)(C)C)ccc1n2-c1ccc2c(-c3cccnc3)c3cc(-n4c5ccc([Si](C)(C)C)cc5c5cc([Si](C)(C)C)ccc54)ccc3c(-c3cccnc3)c2c1. The van der Waals surface area contributed by atoms with Gasteiger partial charge in [0.05, 0.1) is 54.4 Å². The van der Waals surface area contributed by atoms with E-state index in [1.54, 1.807) is 0 Å². The van der Waals surface area contributed by atoms with Gasteiger partial charge in [0.2, 0.25) is 0 Å². The van der Waals surface area contributed by atoms with Crippen molar-refractivity contribution in [2.24, 2.45) is 0 Å². The number of pyridine rings is 2. The number of nitrogens with zero attached hydrogens (tertiary/aromatic N) is 4. The predicted octanol–water partition coefficient (Wildman–Crippen LogP) is 14.5. The van der Waals surface area contributed by atoms with Crippen LogP contribution >= 0.6 is 0 Å². The van der Waals surface area contributed by atoms with Crippen LogP contribution in [0.4, 0.5) is 0 Å². The normalized spacial score (nSPS) is 13.0. The van der Waals surface area contributed by atoms with Crippen molar-refractivity contribution in [2.75, 3.05) is 0 Å². The van der Waals surface area contributed by atoms with Crippen LogP contribution in [0.1, 0.15) is 0 Å². The van der Waals surface area contributed by atoms with E-state index in [0.29, 0.717) is 0 Å². The quantitative estimate of drug-likeness (QED) is 0.112. The number of hydrogen-bond donors (Lipinski definition) is 0. The Balaban J connectivity index is 1.23. The third-order valence-corrected chi connectivity index (χ3v) is 22.7. The molecule has 4 aromatic heterocycles. The first-order valence-corrected chi connectivity index (χ1v) is 38.3. The van der Waals surface area contributed by atoms with Gasteiger partial charge in [0, 0.05) is 68.8 Å². The fraction of sp³-hybridized carbons (Fsp3) is 0.200. The number of hydrogen-bond acceptors (Lipinski definition) is 2. The minimum atomic E-state index is -1.58. The Labute approximate surface area is 405 Å². The molecule has 0 N–H and O–H groups in total. The summed E-state index contributed by atoms with van der Waals surface area (Å²) in [6.45, 7) is 29.4. The Bertz CT molecular complexity index is 3430. The van der Waals surface area contributed by atoms with Crippen LogP contribution in [-0.4, -0.2) is 51.4 Å². The molecule has 8 heteroatoms. The third-order valence-electron chi connectivity index (χ3n) is 14.5. The fourth-order valence-electron chi connectivity index (χ4n) is 10.6. The molecular formula is C60H62N4Si4. The molecule has 4 heterocycles. The Morgan fingerprint density at radius 2 is 0.618 bits per heavy atom. The minimum absolute atomic E-state index is 1.10. The Kier molecular flexibility index (Phi) is 10.2. The first-order chi connectivity index (χ1) is 32.3. The second-order valence-electron chi connectivity index (χ2n) is 23.3. The highest BCUT2D eigenvalue weighted by Gasteiger charge is 2.26. The molecule has 0 bridgehead atoms. The van der Waals surface area contributed by atoms with Gasteiger partial charge in [-0.1, -0.05) is 172 Å². The monoisotopic (exact) mass is 950 g/mol. The molecule has 0 amide bonds. The largest absolute Gasteiger partial charge is 0.309 e. The molecule has 7 aromatic carbocycles. The summed E-state index contributed by atoms with van der Waals surface area (Å²) in [5.74, 6) is 0. The van der Waals surface area contributed by atoms with Gasteiger partial charge in [-0.3, -0.25) is 9.97 Å². The van der Waals surface area contributed by atoms with Crippen LogP contribution in [0.5, 0.6) is 0 Å². The van der Waals surface area contributed by atoms with Gasteiger partial charge in [-0.15, -0.1) is 0 Å². The smallest absolute Gasteiger partial charge is 0.0776 e. The lowest BCUT2D eigenvalue weighted by Crippen LogP contribution is -2.37. The molecule has 68 heavy (non-hydrogen) atoms. The summed E-state index contributed by atoms with van der Waals surface area (Å²) in [6.07, 6.45) is 7.83. The zero-order valence-electron chi connectivity index (χ0n) is 41.8. The van der Waals surface area contributed by atoms with E-state index in [-0.39, 0.29) is 0 Å². The van der Waals surface area contributed by atoms with Gasteiger partial charge in [0.25, 0.3) is 0 Å². The van der Waals surface area contributed by atoms with E-state index in [9.17, 15) is 0 Å². The van der Waals surface area contributed by atoms with E-state index in [2.05, 4.69) is 221 Å². The van der Waals surface area contributed by atoms with E-state index < -0.39 is 32.3 Å². The lowest BCUT2D eigenvalue weighted by molar-refractivity contribution is 1.18. The fourth-order valence-corrected chi connectivity index (χ4v) is 15.2. The summed E-state index contributed by atoms with van der Waals surface area (Å²) in [5.41, 5.74) is 11.9. The zero-order valence-corrected chi connectivity index (χ0v) is 45.8. The topological polar surface area (TPSA) is 35.6 Å². The molecule has 0 unspecified atom stereocenters. The van der Waals surface area contributed by atoms with Gasteiger partial charge in [-0.2, -0.15) is 0 Å². The van der Waals surface area contributed by atoms with E-state index in [1.807, 2.05) is 24.8 Å². The highest BCUT2D eigenvalue weighted by molar-refractivity contribution is 6.90. The van der Waals surface area contributed by atoms with Crippen LogP contribution in [0.15, 0.2) is 158 Å². The van der Waals surface area contributed by atoms with E-state index >= 15 is 0 Å². The summed E-state index contributed by atoms with van der Waals surface area (Å²) in [5, 5.41) is 16.1. The maximum absolute atomic E-state index is 4.73. The van der Waals surface area contributed by atoms with E-state index in [4.69, 9.17) is 9.97 Å². The molecular weight excluding hydrogens is 889 g/mol. The standard InChI is InChI=1S/C60H62N4Si4/c1-65(2,3)43-19-25-55-49(33-43)50-34-44(66(4,5)6)20-26-56(50)63(55)41-17-23-47-53(31-41)59(39-15-13-29-61-37-39)48-24-18-42(32-54(48)60(47)40-16-14-30-62-38-40)64-57-27-21-45(67(7,8)9)35-51(57)52-36-46(68(10,11)12)22-28-58(52)64/h13-38H,1-12H3. The van der Waals surface area contributed by atoms with Crippen molar-refractivity contribution in [2.45, 2.75) is 78.6 Å². The van der Waals surface area contributed by atoms with Crippen LogP contribution < -0.4 is 20.7 Å². The third kappa shape index (κ3) is 7.35. The maximum atomic E-state index is 4.73. The van der Waals surface area contributed by atoms with E-state index in [1.165, 1.54) is 97.0 Å². The molecule has 0 radical (unpaired) electrons. The summed E-state index contributed by atoms with van der Waals surface area (Å²) in [6, 6.07) is 52.1. The molecule has 0 aliphatic rings. The van der Waals surface area contributed by atoms with Gasteiger partial charge in [0.1, 0.15) is 0 Å². The Morgan fingerprint density at radius 1 is 0.309 bits per heavy atom. The van der Waals surface area contributed by atoms with Gasteiger partial charge in [-0.25, -0.2) is 0 Å². The summed E-state index contributed by atoms with van der Waals surface area (Å²) in [7, 11) is -6.33. The second kappa shape index (κ2) is 15.7. The second-order valence-corrected chi connectivity index (χ2v) is 43.6. The lowest BCUT2D eigenvalue weighted by Gasteiger charge is -2.21. The van der Waals surface area contributed by atoms with Crippen molar-refractivity contribution in [3.05, 3.63) is 158 Å². The minimum Gasteiger partial charge on any atom is -0.309 e. The number of benzene rings is 7. The molecule has 11 aromatic rings. The Hall–Kier alpha value is -6.17. The van der Waals surface area contributed by atoms with Crippen molar-refractivity contribution in [1.82, 2.24) is 19.1 Å². The predicted molar refractivity (Wildman–Crippen MR) is 309 cm³/mol.